The van der Waals surface area contributed by atoms with Crippen molar-refractivity contribution in [1.82, 2.24) is 0 Å². The van der Waals surface area contributed by atoms with Gasteiger partial charge < -0.3 is 14.7 Å². The SMILES string of the molecule is COC(=O)Cc1ccccc1OOC(C)(C)C(C)(C)[OH2+]. The van der Waals surface area contributed by atoms with Gasteiger partial charge in [0.1, 0.15) is 0 Å². The molecule has 5 nitrogen and oxygen atoms in total. The summed E-state index contributed by atoms with van der Waals surface area (Å²) in [5, 5.41) is 8.02. The third-order valence-corrected chi connectivity index (χ3v) is 3.38. The number of esters is 1. The first-order valence-corrected chi connectivity index (χ1v) is 6.43. The van der Waals surface area contributed by atoms with Crippen molar-refractivity contribution in [3.05, 3.63) is 29.8 Å². The van der Waals surface area contributed by atoms with Crippen LogP contribution in [0.25, 0.3) is 0 Å². The van der Waals surface area contributed by atoms with Crippen molar-refractivity contribution in [2.45, 2.75) is 45.3 Å². The monoisotopic (exact) mass is 283 g/mol. The van der Waals surface area contributed by atoms with Crippen LogP contribution < -0.4 is 4.89 Å². The van der Waals surface area contributed by atoms with Gasteiger partial charge in [-0.15, -0.1) is 0 Å². The van der Waals surface area contributed by atoms with Gasteiger partial charge in [-0.1, -0.05) is 18.2 Å². The van der Waals surface area contributed by atoms with Gasteiger partial charge in [-0.2, -0.15) is 4.89 Å². The van der Waals surface area contributed by atoms with Crippen LogP contribution in [0.4, 0.5) is 0 Å². The van der Waals surface area contributed by atoms with E-state index in [9.17, 15) is 4.79 Å². The molecule has 1 rings (SSSR count). The summed E-state index contributed by atoms with van der Waals surface area (Å²) in [5.41, 5.74) is -0.951. The maximum absolute atomic E-state index is 11.3. The van der Waals surface area contributed by atoms with E-state index >= 15 is 0 Å². The molecule has 0 radical (unpaired) electrons. The van der Waals surface area contributed by atoms with Crippen LogP contribution in [0.3, 0.4) is 0 Å². The van der Waals surface area contributed by atoms with Crippen molar-refractivity contribution in [2.24, 2.45) is 0 Å². The number of ether oxygens (including phenoxy) is 1. The molecule has 112 valence electrons. The summed E-state index contributed by atoms with van der Waals surface area (Å²) in [7, 11) is 1.34. The molecule has 0 saturated carbocycles. The van der Waals surface area contributed by atoms with Gasteiger partial charge in [-0.05, 0) is 19.9 Å². The maximum Gasteiger partial charge on any atom is 0.310 e. The number of rotatable bonds is 6. The van der Waals surface area contributed by atoms with E-state index in [1.165, 1.54) is 7.11 Å². The van der Waals surface area contributed by atoms with Crippen molar-refractivity contribution < 1.29 is 24.4 Å². The Morgan fingerprint density at radius 3 is 2.35 bits per heavy atom. The zero-order chi connectivity index (χ0) is 15.4. The van der Waals surface area contributed by atoms with Crippen LogP contribution in [0, 0.1) is 0 Å². The quantitative estimate of drug-likeness (QED) is 0.346. The Balaban J connectivity index is 2.81. The van der Waals surface area contributed by atoms with E-state index in [0.717, 1.165) is 0 Å². The fourth-order valence-electron chi connectivity index (χ4n) is 1.21. The normalized spacial score (nSPS) is 12.1. The number of benzene rings is 1. The highest BCUT2D eigenvalue weighted by molar-refractivity contribution is 5.73. The average Bonchev–Trinajstić information content (AvgIpc) is 2.36. The Labute approximate surface area is 119 Å². The molecule has 0 aromatic heterocycles. The lowest BCUT2D eigenvalue weighted by atomic mass is 9.90. The number of hydrogen-bond acceptors (Lipinski definition) is 4. The first-order chi connectivity index (χ1) is 9.17. The zero-order valence-corrected chi connectivity index (χ0v) is 12.6. The van der Waals surface area contributed by atoms with Crippen LogP contribution in [-0.4, -0.2) is 29.4 Å². The fraction of sp³-hybridized carbons (Fsp3) is 0.533. The molecule has 1 aromatic rings. The lowest BCUT2D eigenvalue weighted by Crippen LogP contribution is -2.48. The summed E-state index contributed by atoms with van der Waals surface area (Å²) in [5.74, 6) is 0.108. The van der Waals surface area contributed by atoms with Crippen LogP contribution in [0.5, 0.6) is 5.75 Å². The average molecular weight is 283 g/mol. The lowest BCUT2D eigenvalue weighted by Gasteiger charge is -2.31. The highest BCUT2D eigenvalue weighted by atomic mass is 17.2. The second kappa shape index (κ2) is 6.24. The van der Waals surface area contributed by atoms with Crippen LogP contribution in [0.15, 0.2) is 24.3 Å². The van der Waals surface area contributed by atoms with Crippen molar-refractivity contribution in [3.63, 3.8) is 0 Å². The Morgan fingerprint density at radius 2 is 1.80 bits per heavy atom. The highest BCUT2D eigenvalue weighted by Gasteiger charge is 2.43. The molecule has 0 amide bonds. The molecule has 1 aromatic carbocycles. The van der Waals surface area contributed by atoms with E-state index < -0.39 is 11.2 Å². The molecule has 0 saturated heterocycles. The molecule has 20 heavy (non-hydrogen) atoms. The molecule has 0 unspecified atom stereocenters. The summed E-state index contributed by atoms with van der Waals surface area (Å²) < 4.78 is 4.64. The number of carbonyl (C=O) groups excluding carboxylic acids is 1. The largest absolute Gasteiger partial charge is 0.469 e. The summed E-state index contributed by atoms with van der Waals surface area (Å²) >= 11 is 0. The molecule has 5 heteroatoms. The van der Waals surface area contributed by atoms with E-state index in [-0.39, 0.29) is 12.4 Å². The highest BCUT2D eigenvalue weighted by Crippen LogP contribution is 2.27. The summed E-state index contributed by atoms with van der Waals surface area (Å²) in [6, 6.07) is 7.09. The Bertz CT molecular complexity index is 460. The Morgan fingerprint density at radius 1 is 1.20 bits per heavy atom. The Kier molecular flexibility index (Phi) is 5.14. The van der Waals surface area contributed by atoms with Gasteiger partial charge in [0.05, 0.1) is 13.5 Å². The third kappa shape index (κ3) is 4.21. The molecule has 0 aliphatic rings. The molecule has 0 atom stereocenters. The molecule has 0 heterocycles. The topological polar surface area (TPSA) is 67.7 Å². The van der Waals surface area contributed by atoms with Crippen LogP contribution in [0.2, 0.25) is 0 Å². The van der Waals surface area contributed by atoms with Gasteiger partial charge >= 0.3 is 5.97 Å². The molecular formula is C15H23O5+. The molecule has 0 aliphatic heterocycles. The van der Waals surface area contributed by atoms with Crippen molar-refractivity contribution in [1.29, 1.82) is 0 Å². The predicted octanol–water partition coefficient (Wildman–Crippen LogP) is 1.99. The predicted molar refractivity (Wildman–Crippen MR) is 75.6 cm³/mol. The van der Waals surface area contributed by atoms with Gasteiger partial charge in [0.25, 0.3) is 0 Å². The molecule has 0 aliphatic carbocycles. The van der Waals surface area contributed by atoms with Crippen molar-refractivity contribution in [3.8, 4) is 5.75 Å². The lowest BCUT2D eigenvalue weighted by molar-refractivity contribution is -0.321. The first kappa shape index (κ1) is 16.5. The van der Waals surface area contributed by atoms with Gasteiger partial charge in [0.2, 0.25) is 0 Å². The first-order valence-electron chi connectivity index (χ1n) is 6.43. The van der Waals surface area contributed by atoms with Crippen LogP contribution >= 0.6 is 0 Å². The van der Waals surface area contributed by atoms with Gasteiger partial charge in [0.15, 0.2) is 17.0 Å². The van der Waals surface area contributed by atoms with Gasteiger partial charge in [-0.3, -0.25) is 4.79 Å². The van der Waals surface area contributed by atoms with Gasteiger partial charge in [0, 0.05) is 19.4 Å². The number of hydrogen-bond donors (Lipinski definition) is 0. The van der Waals surface area contributed by atoms with Crippen molar-refractivity contribution in [2.75, 3.05) is 7.11 Å². The molecule has 0 spiro atoms. The van der Waals surface area contributed by atoms with Crippen LogP contribution in [0.1, 0.15) is 33.3 Å². The van der Waals surface area contributed by atoms with E-state index in [0.29, 0.717) is 11.3 Å². The van der Waals surface area contributed by atoms with E-state index in [1.807, 2.05) is 6.07 Å². The van der Waals surface area contributed by atoms with Gasteiger partial charge in [-0.25, -0.2) is 0 Å². The maximum atomic E-state index is 11.3. The second-order valence-corrected chi connectivity index (χ2v) is 5.66. The number of para-hydroxylation sites is 1. The smallest absolute Gasteiger partial charge is 0.310 e. The number of carbonyl (C=O) groups is 1. The third-order valence-electron chi connectivity index (χ3n) is 3.38. The molecule has 2 N–H and O–H groups in total. The van der Waals surface area contributed by atoms with E-state index in [4.69, 9.17) is 14.9 Å². The Hall–Kier alpha value is -1.59. The van der Waals surface area contributed by atoms with Crippen molar-refractivity contribution >= 4 is 5.97 Å². The molecule has 0 bridgehead atoms. The summed E-state index contributed by atoms with van der Waals surface area (Å²) in [4.78, 5) is 22.1. The zero-order valence-electron chi connectivity index (χ0n) is 12.6. The second-order valence-electron chi connectivity index (χ2n) is 5.66. The standard InChI is InChI=1S/C15H22O5/c1-14(2,17)15(3,4)20-19-12-9-7-6-8-11(12)10-13(16)18-5/h6-9,17H,10H2,1-5H3/p+1. The minimum absolute atomic E-state index is 0.112. The number of methoxy groups -OCH3 is 1. The fourth-order valence-corrected chi connectivity index (χ4v) is 1.21. The minimum Gasteiger partial charge on any atom is -0.469 e. The minimum atomic E-state index is -0.829. The summed E-state index contributed by atoms with van der Waals surface area (Å²) in [6.07, 6.45) is 0.112. The summed E-state index contributed by atoms with van der Waals surface area (Å²) in [6.45, 7) is 7.05. The van der Waals surface area contributed by atoms with E-state index in [1.54, 1.807) is 45.9 Å². The van der Waals surface area contributed by atoms with Crippen LogP contribution in [-0.2, 0) is 20.8 Å². The van der Waals surface area contributed by atoms with E-state index in [2.05, 4.69) is 4.74 Å². The molecular weight excluding hydrogens is 260 g/mol. The molecule has 0 fully saturated rings.